The van der Waals surface area contributed by atoms with Gasteiger partial charge in [-0.1, -0.05) is 13.8 Å². The molecular weight excluding hydrogens is 178 g/mol. The molecule has 1 rings (SSSR count). The number of ether oxygens (including phenoxy) is 1. The van der Waals surface area contributed by atoms with Gasteiger partial charge in [0, 0.05) is 12.7 Å². The van der Waals surface area contributed by atoms with Gasteiger partial charge >= 0.3 is 5.97 Å². The highest BCUT2D eigenvalue weighted by atomic mass is 16.5. The van der Waals surface area contributed by atoms with Gasteiger partial charge in [-0.25, -0.2) is 4.79 Å². The topological polar surface area (TPSA) is 31.2 Å². The van der Waals surface area contributed by atoms with Crippen LogP contribution in [0.2, 0.25) is 0 Å². The highest BCUT2D eigenvalue weighted by Gasteiger charge is 2.10. The SMILES string of the molecule is COC(=O)c1cccn1CCC(C)C. The first kappa shape index (κ1) is 10.8. The van der Waals surface area contributed by atoms with Crippen LogP contribution in [0.1, 0.15) is 30.8 Å². The van der Waals surface area contributed by atoms with Gasteiger partial charge in [0.2, 0.25) is 0 Å². The summed E-state index contributed by atoms with van der Waals surface area (Å²) in [5, 5.41) is 0. The van der Waals surface area contributed by atoms with Crippen molar-refractivity contribution in [3.05, 3.63) is 24.0 Å². The maximum atomic E-state index is 11.3. The molecule has 1 aromatic heterocycles. The predicted octanol–water partition coefficient (Wildman–Crippen LogP) is 2.32. The minimum absolute atomic E-state index is 0.265. The molecule has 3 heteroatoms. The van der Waals surface area contributed by atoms with Crippen molar-refractivity contribution in [2.24, 2.45) is 5.92 Å². The number of rotatable bonds is 4. The van der Waals surface area contributed by atoms with Crippen LogP contribution in [0.3, 0.4) is 0 Å². The van der Waals surface area contributed by atoms with Crippen LogP contribution in [0, 0.1) is 5.92 Å². The second kappa shape index (κ2) is 4.84. The molecule has 0 aliphatic carbocycles. The summed E-state index contributed by atoms with van der Waals surface area (Å²) in [5.41, 5.74) is 0.633. The molecule has 0 amide bonds. The lowest BCUT2D eigenvalue weighted by Gasteiger charge is -2.09. The molecule has 0 N–H and O–H groups in total. The largest absolute Gasteiger partial charge is 0.464 e. The van der Waals surface area contributed by atoms with E-state index in [4.69, 9.17) is 0 Å². The number of hydrogen-bond acceptors (Lipinski definition) is 2. The molecule has 0 unspecified atom stereocenters. The lowest BCUT2D eigenvalue weighted by atomic mass is 10.1. The molecule has 1 aromatic rings. The van der Waals surface area contributed by atoms with Crippen LogP contribution in [0.5, 0.6) is 0 Å². The fourth-order valence-electron chi connectivity index (χ4n) is 1.30. The quantitative estimate of drug-likeness (QED) is 0.690. The molecule has 78 valence electrons. The average molecular weight is 195 g/mol. The van der Waals surface area contributed by atoms with Gasteiger partial charge in [0.1, 0.15) is 5.69 Å². The first-order valence-corrected chi connectivity index (χ1v) is 4.88. The van der Waals surface area contributed by atoms with Gasteiger partial charge in [0.05, 0.1) is 7.11 Å². The minimum atomic E-state index is -0.265. The zero-order valence-corrected chi connectivity index (χ0v) is 8.99. The van der Waals surface area contributed by atoms with E-state index in [1.807, 2.05) is 16.8 Å². The first-order chi connectivity index (χ1) is 6.65. The van der Waals surface area contributed by atoms with Crippen LogP contribution in [0.15, 0.2) is 18.3 Å². The number of aromatic nitrogens is 1. The molecule has 1 heterocycles. The Bertz CT molecular complexity index is 302. The molecule has 0 bridgehead atoms. The normalized spacial score (nSPS) is 10.6. The number of carbonyl (C=O) groups is 1. The molecule has 0 atom stereocenters. The molecule has 0 saturated heterocycles. The molecule has 14 heavy (non-hydrogen) atoms. The summed E-state index contributed by atoms with van der Waals surface area (Å²) in [6, 6.07) is 3.65. The third-order valence-electron chi connectivity index (χ3n) is 2.17. The van der Waals surface area contributed by atoms with E-state index in [2.05, 4.69) is 18.6 Å². The number of methoxy groups -OCH3 is 1. The van der Waals surface area contributed by atoms with Crippen molar-refractivity contribution < 1.29 is 9.53 Å². The summed E-state index contributed by atoms with van der Waals surface area (Å²) in [5.74, 6) is 0.377. The highest BCUT2D eigenvalue weighted by molar-refractivity contribution is 5.87. The lowest BCUT2D eigenvalue weighted by Crippen LogP contribution is -2.11. The van der Waals surface area contributed by atoms with Gasteiger partial charge in [-0.2, -0.15) is 0 Å². The van der Waals surface area contributed by atoms with Crippen molar-refractivity contribution in [2.75, 3.05) is 7.11 Å². The molecule has 0 saturated carbocycles. The zero-order chi connectivity index (χ0) is 10.6. The summed E-state index contributed by atoms with van der Waals surface area (Å²) in [4.78, 5) is 11.3. The van der Waals surface area contributed by atoms with E-state index in [-0.39, 0.29) is 5.97 Å². The Morgan fingerprint density at radius 3 is 2.86 bits per heavy atom. The second-order valence-corrected chi connectivity index (χ2v) is 3.76. The third kappa shape index (κ3) is 2.62. The number of esters is 1. The van der Waals surface area contributed by atoms with E-state index in [0.717, 1.165) is 13.0 Å². The summed E-state index contributed by atoms with van der Waals surface area (Å²) >= 11 is 0. The van der Waals surface area contributed by atoms with Crippen LogP contribution in [-0.2, 0) is 11.3 Å². The van der Waals surface area contributed by atoms with Crippen LogP contribution in [0.4, 0.5) is 0 Å². The molecule has 0 radical (unpaired) electrons. The fraction of sp³-hybridized carbons (Fsp3) is 0.545. The summed E-state index contributed by atoms with van der Waals surface area (Å²) in [6.07, 6.45) is 2.98. The molecule has 0 aliphatic rings. The Morgan fingerprint density at radius 1 is 1.57 bits per heavy atom. The summed E-state index contributed by atoms with van der Waals surface area (Å²) in [6.45, 7) is 5.21. The van der Waals surface area contributed by atoms with E-state index in [1.165, 1.54) is 7.11 Å². The maximum absolute atomic E-state index is 11.3. The van der Waals surface area contributed by atoms with Crippen LogP contribution >= 0.6 is 0 Å². The fourth-order valence-corrected chi connectivity index (χ4v) is 1.30. The molecule has 0 aromatic carbocycles. The minimum Gasteiger partial charge on any atom is -0.464 e. The van der Waals surface area contributed by atoms with Gasteiger partial charge in [-0.3, -0.25) is 0 Å². The highest BCUT2D eigenvalue weighted by Crippen LogP contribution is 2.08. The average Bonchev–Trinajstić information content (AvgIpc) is 2.61. The van der Waals surface area contributed by atoms with Gasteiger partial charge in [-0.15, -0.1) is 0 Å². The molecule has 3 nitrogen and oxygen atoms in total. The number of hydrogen-bond donors (Lipinski definition) is 0. The van der Waals surface area contributed by atoms with Gasteiger partial charge in [0.25, 0.3) is 0 Å². The van der Waals surface area contributed by atoms with E-state index in [9.17, 15) is 4.79 Å². The van der Waals surface area contributed by atoms with Crippen molar-refractivity contribution in [3.63, 3.8) is 0 Å². The van der Waals surface area contributed by atoms with Crippen molar-refractivity contribution in [1.82, 2.24) is 4.57 Å². The maximum Gasteiger partial charge on any atom is 0.354 e. The van der Waals surface area contributed by atoms with E-state index in [1.54, 1.807) is 6.07 Å². The Balaban J connectivity index is 2.67. The smallest absolute Gasteiger partial charge is 0.354 e. The lowest BCUT2D eigenvalue weighted by molar-refractivity contribution is 0.0588. The van der Waals surface area contributed by atoms with E-state index >= 15 is 0 Å². The number of aryl methyl sites for hydroxylation is 1. The van der Waals surface area contributed by atoms with Crippen molar-refractivity contribution in [2.45, 2.75) is 26.8 Å². The zero-order valence-electron chi connectivity index (χ0n) is 8.99. The Morgan fingerprint density at radius 2 is 2.29 bits per heavy atom. The predicted molar refractivity (Wildman–Crippen MR) is 55.2 cm³/mol. The van der Waals surface area contributed by atoms with Gasteiger partial charge in [-0.05, 0) is 24.5 Å². The van der Waals surface area contributed by atoms with E-state index in [0.29, 0.717) is 11.6 Å². The van der Waals surface area contributed by atoms with Crippen molar-refractivity contribution in [1.29, 1.82) is 0 Å². The summed E-state index contributed by atoms with van der Waals surface area (Å²) in [7, 11) is 1.40. The van der Waals surface area contributed by atoms with Gasteiger partial charge in [0.15, 0.2) is 0 Å². The Kier molecular flexibility index (Phi) is 3.74. The first-order valence-electron chi connectivity index (χ1n) is 4.88. The number of carbonyl (C=O) groups excluding carboxylic acids is 1. The van der Waals surface area contributed by atoms with Crippen LogP contribution in [-0.4, -0.2) is 17.6 Å². The molecular formula is C11H17NO2. The van der Waals surface area contributed by atoms with Gasteiger partial charge < -0.3 is 9.30 Å². The second-order valence-electron chi connectivity index (χ2n) is 3.76. The third-order valence-corrected chi connectivity index (χ3v) is 2.17. The van der Waals surface area contributed by atoms with Crippen LogP contribution in [0.25, 0.3) is 0 Å². The molecule has 0 aliphatic heterocycles. The monoisotopic (exact) mass is 195 g/mol. The Hall–Kier alpha value is -1.25. The van der Waals surface area contributed by atoms with E-state index < -0.39 is 0 Å². The van der Waals surface area contributed by atoms with Crippen molar-refractivity contribution >= 4 is 5.97 Å². The standard InChI is InChI=1S/C11H17NO2/c1-9(2)6-8-12-7-4-5-10(12)11(13)14-3/h4-5,7,9H,6,8H2,1-3H3. The summed E-state index contributed by atoms with van der Waals surface area (Å²) < 4.78 is 6.62. The molecule has 0 spiro atoms. The Labute approximate surface area is 84.7 Å². The number of nitrogens with zero attached hydrogens (tertiary/aromatic N) is 1. The van der Waals surface area contributed by atoms with Crippen LogP contribution < -0.4 is 0 Å². The molecule has 0 fully saturated rings. The van der Waals surface area contributed by atoms with Crippen molar-refractivity contribution in [3.8, 4) is 0 Å².